The second-order valence-corrected chi connectivity index (χ2v) is 5.23. The van der Waals surface area contributed by atoms with Crippen LogP contribution in [0.4, 0.5) is 0 Å². The summed E-state index contributed by atoms with van der Waals surface area (Å²) < 4.78 is 6.24. The Morgan fingerprint density at radius 1 is 1.10 bits per heavy atom. The molecule has 1 aromatic heterocycles. The molecule has 1 aromatic carbocycles. The van der Waals surface area contributed by atoms with E-state index in [1.807, 2.05) is 0 Å². The fourth-order valence-electron chi connectivity index (χ4n) is 1.91. The van der Waals surface area contributed by atoms with Crippen molar-refractivity contribution in [1.29, 1.82) is 0 Å². The number of halogens is 1. The molecule has 0 fully saturated rings. The van der Waals surface area contributed by atoms with E-state index in [0.29, 0.717) is 37.6 Å². The summed E-state index contributed by atoms with van der Waals surface area (Å²) in [6.45, 7) is 0. The minimum absolute atomic E-state index is 0.302. The molecule has 1 nitrogen and oxygen atoms in total. The van der Waals surface area contributed by atoms with E-state index in [4.69, 9.17) is 51.5 Å². The molecule has 0 aliphatic carbocycles. The maximum atomic E-state index is 6.02. The maximum absolute atomic E-state index is 6.02. The molecule has 20 heavy (non-hydrogen) atoms. The highest BCUT2D eigenvalue weighted by atomic mass is 79.9. The third-order valence-corrected chi connectivity index (χ3v) is 3.92. The first kappa shape index (κ1) is 15.8. The Hall–Kier alpha value is -0.630. The lowest BCUT2D eigenvalue weighted by Crippen LogP contribution is -2.39. The number of fused-ring (bicyclic) bond motifs is 1. The molecule has 0 N–H and O–H groups in total. The van der Waals surface area contributed by atoms with Crippen molar-refractivity contribution in [1.82, 2.24) is 0 Å². The highest BCUT2D eigenvalue weighted by Crippen LogP contribution is 2.31. The molecule has 0 amide bonds. The van der Waals surface area contributed by atoms with Crippen molar-refractivity contribution in [3.05, 3.63) is 28.4 Å². The van der Waals surface area contributed by atoms with Gasteiger partial charge >= 0.3 is 0 Å². The van der Waals surface area contributed by atoms with Crippen LogP contribution >= 0.6 is 15.9 Å². The predicted octanol–water partition coefficient (Wildman–Crippen LogP) is -0.574. The van der Waals surface area contributed by atoms with Crippen molar-refractivity contribution in [3.63, 3.8) is 0 Å². The van der Waals surface area contributed by atoms with Crippen LogP contribution in [0.25, 0.3) is 11.0 Å². The van der Waals surface area contributed by atoms with E-state index in [1.54, 1.807) is 12.1 Å². The lowest BCUT2D eigenvalue weighted by molar-refractivity contribution is 0.541. The zero-order valence-corrected chi connectivity index (χ0v) is 12.2. The minimum atomic E-state index is -0.559. The molecule has 0 saturated heterocycles. The van der Waals surface area contributed by atoms with Crippen LogP contribution in [0.5, 0.6) is 0 Å². The Bertz CT molecular complexity index is 635. The molecule has 0 aliphatic rings. The van der Waals surface area contributed by atoms with E-state index >= 15 is 0 Å². The summed E-state index contributed by atoms with van der Waals surface area (Å²) in [7, 11) is 34.8. The van der Waals surface area contributed by atoms with Crippen LogP contribution in [0, 0.1) is 0 Å². The average Bonchev–Trinajstić information content (AvgIpc) is 2.87. The standard InChI is InChI=1S/C12H5B6BrO/c13-2-1-5(14)8(16)6-3-4-7(15)9(17)10(18)11(19)12(4)20-6/h1-3,5,8H/b2-1+. The summed E-state index contributed by atoms with van der Waals surface area (Å²) in [5.41, 5.74) is 1.47. The number of hydrogen-bond donors (Lipinski definition) is 0. The topological polar surface area (TPSA) is 13.1 Å². The monoisotopic (exact) mass is 310 g/mol. The second-order valence-electron chi connectivity index (χ2n) is 4.43. The first-order valence-electron chi connectivity index (χ1n) is 5.83. The van der Waals surface area contributed by atoms with E-state index in [-0.39, 0.29) is 0 Å². The van der Waals surface area contributed by atoms with E-state index in [9.17, 15) is 0 Å². The van der Waals surface area contributed by atoms with Crippen molar-refractivity contribution in [3.8, 4) is 0 Å². The van der Waals surface area contributed by atoms with Crippen LogP contribution in [0.2, 0.25) is 5.82 Å². The van der Waals surface area contributed by atoms with Crippen LogP contribution in [-0.4, -0.2) is 47.1 Å². The molecule has 1 heterocycles. The SMILES string of the molecule is [B]/C=C/C([B])C([B])c1cc2c([B])c([B])c([B])c(Br)c2o1. The number of hydrogen-bond acceptors (Lipinski definition) is 1. The van der Waals surface area contributed by atoms with Gasteiger partial charge in [-0.1, -0.05) is 16.7 Å². The van der Waals surface area contributed by atoms with Gasteiger partial charge in [-0.25, -0.2) is 0 Å². The molecule has 0 aliphatic heterocycles. The average molecular weight is 310 g/mol. The van der Waals surface area contributed by atoms with Gasteiger partial charge in [0.2, 0.25) is 0 Å². The van der Waals surface area contributed by atoms with Gasteiger partial charge in [-0.2, -0.15) is 0 Å². The second kappa shape index (κ2) is 6.01. The summed E-state index contributed by atoms with van der Waals surface area (Å²) in [4.78, 5) is 0. The molecular weight excluding hydrogens is 305 g/mol. The van der Waals surface area contributed by atoms with Gasteiger partial charge in [-0.05, 0) is 27.8 Å². The summed E-state index contributed by atoms with van der Waals surface area (Å²) in [5.74, 6) is 0.780. The number of allylic oxidation sites excluding steroid dienone is 1. The van der Waals surface area contributed by atoms with E-state index in [0.717, 1.165) is 0 Å². The maximum Gasteiger partial charge on any atom is 0.147 e. The Morgan fingerprint density at radius 2 is 1.75 bits per heavy atom. The lowest BCUT2D eigenvalue weighted by atomic mass is 9.65. The van der Waals surface area contributed by atoms with Gasteiger partial charge in [0.25, 0.3) is 0 Å². The minimum Gasteiger partial charge on any atom is -0.460 e. The Kier molecular flexibility index (Phi) is 4.73. The molecule has 0 spiro atoms. The van der Waals surface area contributed by atoms with E-state index < -0.39 is 11.6 Å². The van der Waals surface area contributed by atoms with Crippen molar-refractivity contribution in [2.24, 2.45) is 0 Å². The number of furan rings is 1. The van der Waals surface area contributed by atoms with Crippen molar-refractivity contribution in [2.75, 3.05) is 0 Å². The van der Waals surface area contributed by atoms with Crippen LogP contribution in [0.1, 0.15) is 11.6 Å². The molecule has 0 saturated carbocycles. The molecule has 8 heteroatoms. The zero-order valence-electron chi connectivity index (χ0n) is 10.6. The Labute approximate surface area is 134 Å². The quantitative estimate of drug-likeness (QED) is 0.692. The summed E-state index contributed by atoms with van der Waals surface area (Å²) in [6, 6.07) is 1.71. The third kappa shape index (κ3) is 2.59. The molecule has 0 bridgehead atoms. The fraction of sp³-hybridized carbons (Fsp3) is 0.167. The first-order chi connectivity index (χ1) is 9.38. The van der Waals surface area contributed by atoms with Crippen molar-refractivity contribution >= 4 is 90.4 Å². The highest BCUT2D eigenvalue weighted by molar-refractivity contribution is 9.10. The van der Waals surface area contributed by atoms with Crippen molar-refractivity contribution in [2.45, 2.75) is 11.6 Å². The van der Waals surface area contributed by atoms with Gasteiger partial charge < -0.3 is 4.42 Å². The van der Waals surface area contributed by atoms with E-state index in [1.165, 1.54) is 5.98 Å². The van der Waals surface area contributed by atoms with Gasteiger partial charge in [-0.15, -0.1) is 17.5 Å². The van der Waals surface area contributed by atoms with Crippen LogP contribution in [0.15, 0.2) is 27.0 Å². The van der Waals surface area contributed by atoms with Crippen LogP contribution < -0.4 is 16.4 Å². The molecular formula is C12H5B6BrO. The van der Waals surface area contributed by atoms with Gasteiger partial charge in [0.1, 0.15) is 37.0 Å². The molecule has 84 valence electrons. The molecule has 2 atom stereocenters. The summed E-state index contributed by atoms with van der Waals surface area (Å²) in [5, 5.41) is 0.637. The zero-order chi connectivity index (χ0) is 15.0. The number of rotatable bonds is 3. The third-order valence-electron chi connectivity index (χ3n) is 3.13. The highest BCUT2D eigenvalue weighted by Gasteiger charge is 2.19. The Balaban J connectivity index is 2.60. The van der Waals surface area contributed by atoms with Crippen molar-refractivity contribution < 1.29 is 4.42 Å². The number of benzene rings is 1. The molecule has 2 rings (SSSR count). The largest absolute Gasteiger partial charge is 0.460 e. The normalized spacial score (nSPS) is 14.8. The fourth-order valence-corrected chi connectivity index (χ4v) is 2.41. The van der Waals surface area contributed by atoms with Gasteiger partial charge in [0.15, 0.2) is 0 Å². The molecule has 12 radical (unpaired) electrons. The predicted molar refractivity (Wildman–Crippen MR) is 93.0 cm³/mol. The van der Waals surface area contributed by atoms with Crippen LogP contribution in [-0.2, 0) is 0 Å². The van der Waals surface area contributed by atoms with Gasteiger partial charge in [0, 0.05) is 5.39 Å². The van der Waals surface area contributed by atoms with Crippen LogP contribution in [0.3, 0.4) is 0 Å². The molecule has 2 aromatic rings. The van der Waals surface area contributed by atoms with Gasteiger partial charge in [0.05, 0.1) is 25.9 Å². The summed E-state index contributed by atoms with van der Waals surface area (Å²) in [6.07, 6.45) is 1.58. The van der Waals surface area contributed by atoms with E-state index in [2.05, 4.69) is 15.9 Å². The lowest BCUT2D eigenvalue weighted by Gasteiger charge is -2.14. The summed E-state index contributed by atoms with van der Waals surface area (Å²) >= 11 is 3.34. The first-order valence-corrected chi connectivity index (χ1v) is 6.62. The molecule has 2 unspecified atom stereocenters. The smallest absolute Gasteiger partial charge is 0.147 e. The van der Waals surface area contributed by atoms with Gasteiger partial charge in [-0.3, -0.25) is 0 Å². The Morgan fingerprint density at radius 3 is 2.35 bits per heavy atom.